The zero-order chi connectivity index (χ0) is 17.4. The molecule has 23 heavy (non-hydrogen) atoms. The van der Waals surface area contributed by atoms with Crippen LogP contribution in [-0.2, 0) is 14.3 Å². The van der Waals surface area contributed by atoms with E-state index in [2.05, 4.69) is 10.3 Å². The van der Waals surface area contributed by atoms with Gasteiger partial charge in [-0.25, -0.2) is 4.79 Å². The van der Waals surface area contributed by atoms with Crippen molar-refractivity contribution >= 4 is 29.3 Å². The van der Waals surface area contributed by atoms with Gasteiger partial charge in [0.1, 0.15) is 12.1 Å². The maximum atomic E-state index is 12.0. The number of halogens is 1. The molecule has 2 atom stereocenters. The first kappa shape index (κ1) is 18.9. The Bertz CT molecular complexity index is 575. The van der Waals surface area contributed by atoms with Crippen molar-refractivity contribution in [1.29, 1.82) is 0 Å². The van der Waals surface area contributed by atoms with Gasteiger partial charge in [0.25, 0.3) is 0 Å². The zero-order valence-corrected chi connectivity index (χ0v) is 13.9. The van der Waals surface area contributed by atoms with Crippen LogP contribution in [0.1, 0.15) is 26.3 Å². The van der Waals surface area contributed by atoms with Crippen molar-refractivity contribution in [3.63, 3.8) is 0 Å². The number of nitrogens with one attached hydrogen (secondary N) is 2. The molecule has 0 radical (unpaired) electrons. The Morgan fingerprint density at radius 3 is 2.43 bits per heavy atom. The van der Waals surface area contributed by atoms with Crippen molar-refractivity contribution in [2.75, 3.05) is 6.61 Å². The third-order valence-corrected chi connectivity index (χ3v) is 3.18. The summed E-state index contributed by atoms with van der Waals surface area (Å²) >= 11 is 5.80. The minimum atomic E-state index is -0.822. The van der Waals surface area contributed by atoms with E-state index in [9.17, 15) is 14.8 Å². The van der Waals surface area contributed by atoms with Crippen LogP contribution in [0, 0.1) is 0 Å². The molecule has 0 unspecified atom stereocenters. The summed E-state index contributed by atoms with van der Waals surface area (Å²) < 4.78 is 4.81. The predicted octanol–water partition coefficient (Wildman–Crippen LogP) is 1.52. The molecule has 0 bridgehead atoms. The number of hydrogen-bond donors (Lipinski definition) is 3. The molecule has 0 aliphatic heterocycles. The van der Waals surface area contributed by atoms with Crippen LogP contribution >= 0.6 is 11.6 Å². The maximum Gasteiger partial charge on any atom is 0.328 e. The van der Waals surface area contributed by atoms with Crippen LogP contribution in [0.5, 0.6) is 0 Å². The van der Waals surface area contributed by atoms with E-state index in [1.165, 1.54) is 6.92 Å². The van der Waals surface area contributed by atoms with E-state index in [1.807, 2.05) is 5.48 Å². The number of aliphatic imine (C=N–C) groups is 1. The number of carbonyl (C=O) groups is 2. The molecule has 0 spiro atoms. The van der Waals surface area contributed by atoms with Gasteiger partial charge >= 0.3 is 5.97 Å². The summed E-state index contributed by atoms with van der Waals surface area (Å²) in [5.41, 5.74) is 2.52. The number of ether oxygens (including phenoxy) is 1. The number of nitrogens with zero attached hydrogens (tertiary/aromatic N) is 1. The van der Waals surface area contributed by atoms with Crippen molar-refractivity contribution in [2.24, 2.45) is 4.99 Å². The largest absolute Gasteiger partial charge is 0.464 e. The molecular formula is C15H20ClN3O4. The first-order valence-electron chi connectivity index (χ1n) is 7.09. The highest BCUT2D eigenvalue weighted by Crippen LogP contribution is 2.10. The number of amides is 1. The summed E-state index contributed by atoms with van der Waals surface area (Å²) in [6.07, 6.45) is 0. The Kier molecular flexibility index (Phi) is 7.50. The number of benzene rings is 1. The van der Waals surface area contributed by atoms with Gasteiger partial charge in [-0.15, -0.1) is 0 Å². The molecule has 0 saturated carbocycles. The quantitative estimate of drug-likeness (QED) is 0.315. The molecule has 0 saturated heterocycles. The van der Waals surface area contributed by atoms with E-state index in [1.54, 1.807) is 38.1 Å². The van der Waals surface area contributed by atoms with Crippen LogP contribution in [-0.4, -0.2) is 41.6 Å². The van der Waals surface area contributed by atoms with Crippen LogP contribution in [0.15, 0.2) is 29.3 Å². The Hall–Kier alpha value is -2.12. The third kappa shape index (κ3) is 5.88. The van der Waals surface area contributed by atoms with Gasteiger partial charge in [0.15, 0.2) is 5.84 Å². The van der Waals surface area contributed by atoms with Crippen LogP contribution in [0.2, 0.25) is 5.02 Å². The lowest BCUT2D eigenvalue weighted by Crippen LogP contribution is -2.43. The maximum absolute atomic E-state index is 12.0. The highest BCUT2D eigenvalue weighted by atomic mass is 35.5. The number of carbonyl (C=O) groups excluding carboxylic acids is 2. The van der Waals surface area contributed by atoms with Gasteiger partial charge in [-0.2, -0.15) is 0 Å². The number of rotatable bonds is 6. The fourth-order valence-corrected chi connectivity index (χ4v) is 1.81. The van der Waals surface area contributed by atoms with Gasteiger partial charge in [-0.3, -0.25) is 20.5 Å². The number of amidine groups is 1. The van der Waals surface area contributed by atoms with E-state index in [-0.39, 0.29) is 12.4 Å². The SMILES string of the molecule is CCOC(=O)[C@H](C)NC(=O)[C@H](C)N=C(NO)c1ccc(Cl)cc1. The van der Waals surface area contributed by atoms with E-state index in [0.717, 1.165) is 0 Å². The molecule has 8 heteroatoms. The Labute approximate surface area is 139 Å². The average Bonchev–Trinajstić information content (AvgIpc) is 2.53. The van der Waals surface area contributed by atoms with Gasteiger partial charge in [0.05, 0.1) is 6.61 Å². The van der Waals surface area contributed by atoms with Crippen LogP contribution in [0.3, 0.4) is 0 Å². The smallest absolute Gasteiger partial charge is 0.328 e. The first-order valence-corrected chi connectivity index (χ1v) is 7.47. The molecule has 1 aromatic rings. The van der Waals surface area contributed by atoms with Crippen molar-refractivity contribution in [3.05, 3.63) is 34.9 Å². The van der Waals surface area contributed by atoms with Gasteiger partial charge < -0.3 is 10.1 Å². The Balaban J connectivity index is 2.77. The monoisotopic (exact) mass is 341 g/mol. The number of hydrogen-bond acceptors (Lipinski definition) is 5. The minimum Gasteiger partial charge on any atom is -0.464 e. The first-order chi connectivity index (χ1) is 10.9. The lowest BCUT2D eigenvalue weighted by Gasteiger charge is -2.15. The van der Waals surface area contributed by atoms with Crippen LogP contribution in [0.4, 0.5) is 0 Å². The topological polar surface area (TPSA) is 100 Å². The summed E-state index contributed by atoms with van der Waals surface area (Å²) in [6.45, 7) is 4.99. The van der Waals surface area contributed by atoms with E-state index < -0.39 is 24.0 Å². The van der Waals surface area contributed by atoms with E-state index in [0.29, 0.717) is 10.6 Å². The molecule has 0 heterocycles. The van der Waals surface area contributed by atoms with E-state index in [4.69, 9.17) is 16.3 Å². The van der Waals surface area contributed by atoms with Gasteiger partial charge in [-0.1, -0.05) is 11.6 Å². The van der Waals surface area contributed by atoms with Gasteiger partial charge in [0, 0.05) is 10.6 Å². The second kappa shape index (κ2) is 9.12. The highest BCUT2D eigenvalue weighted by Gasteiger charge is 2.20. The lowest BCUT2D eigenvalue weighted by molar-refractivity contribution is -0.146. The van der Waals surface area contributed by atoms with Crippen LogP contribution < -0.4 is 10.8 Å². The second-order valence-corrected chi connectivity index (χ2v) is 5.19. The van der Waals surface area contributed by atoms with Crippen LogP contribution in [0.25, 0.3) is 0 Å². The molecule has 1 rings (SSSR count). The third-order valence-electron chi connectivity index (χ3n) is 2.92. The molecule has 0 aromatic heterocycles. The Morgan fingerprint density at radius 1 is 1.30 bits per heavy atom. The summed E-state index contributed by atoms with van der Waals surface area (Å²) in [4.78, 5) is 27.6. The molecule has 0 fully saturated rings. The molecule has 7 nitrogen and oxygen atoms in total. The summed E-state index contributed by atoms with van der Waals surface area (Å²) in [7, 11) is 0. The molecule has 0 aliphatic carbocycles. The molecule has 0 aliphatic rings. The summed E-state index contributed by atoms with van der Waals surface area (Å²) in [5.74, 6) is -0.865. The zero-order valence-electron chi connectivity index (χ0n) is 13.2. The normalized spacial score (nSPS) is 13.9. The van der Waals surface area contributed by atoms with E-state index >= 15 is 0 Å². The van der Waals surface area contributed by atoms with Gasteiger partial charge in [0.2, 0.25) is 5.91 Å². The van der Waals surface area contributed by atoms with Gasteiger partial charge in [-0.05, 0) is 45.0 Å². The summed E-state index contributed by atoms with van der Waals surface area (Å²) in [6, 6.07) is 4.97. The molecule has 1 aromatic carbocycles. The highest BCUT2D eigenvalue weighted by molar-refractivity contribution is 6.30. The fraction of sp³-hybridized carbons (Fsp3) is 0.400. The number of esters is 1. The molecular weight excluding hydrogens is 322 g/mol. The minimum absolute atomic E-state index is 0.119. The average molecular weight is 342 g/mol. The standard InChI is InChI=1S/C15H20ClN3O4/c1-4-23-15(21)10(3)18-14(20)9(2)17-13(19-22)11-5-7-12(16)8-6-11/h5-10,22H,4H2,1-3H3,(H,17,19)(H,18,20)/t9-,10-/m0/s1. The summed E-state index contributed by atoms with van der Waals surface area (Å²) in [5, 5.41) is 12.2. The predicted molar refractivity (Wildman–Crippen MR) is 86.6 cm³/mol. The molecule has 126 valence electrons. The van der Waals surface area contributed by atoms with Crippen molar-refractivity contribution in [2.45, 2.75) is 32.9 Å². The molecule has 3 N–H and O–H groups in total. The second-order valence-electron chi connectivity index (χ2n) is 4.75. The Morgan fingerprint density at radius 2 is 1.91 bits per heavy atom. The molecule has 1 amide bonds. The van der Waals surface area contributed by atoms with Crippen molar-refractivity contribution in [1.82, 2.24) is 10.8 Å². The lowest BCUT2D eigenvalue weighted by atomic mass is 10.2. The fourth-order valence-electron chi connectivity index (χ4n) is 1.69. The van der Waals surface area contributed by atoms with Crippen molar-refractivity contribution < 1.29 is 19.5 Å². The van der Waals surface area contributed by atoms with Crippen molar-refractivity contribution in [3.8, 4) is 0 Å². The number of hydroxylamine groups is 1.